The van der Waals surface area contributed by atoms with E-state index >= 15 is 0 Å². The SMILES string of the molecule is Cc1nc2sc(C(=O)NC3CCc4nc(N5CC(N)C6(C5)OCC(C)(C)O6)ccc4C3)c(N)c2cc1F. The third-order valence-corrected chi connectivity index (χ3v) is 8.59. The lowest BCUT2D eigenvalue weighted by molar-refractivity contribution is -0.173. The van der Waals surface area contributed by atoms with Crippen LogP contribution in [0.15, 0.2) is 18.2 Å². The fourth-order valence-corrected chi connectivity index (χ4v) is 6.53. The summed E-state index contributed by atoms with van der Waals surface area (Å²) < 4.78 is 26.2. The third-order valence-electron chi connectivity index (χ3n) is 7.47. The van der Waals surface area contributed by atoms with Crippen molar-refractivity contribution in [1.82, 2.24) is 15.3 Å². The zero-order valence-corrected chi connectivity index (χ0v) is 22.0. The highest BCUT2D eigenvalue weighted by atomic mass is 32.1. The van der Waals surface area contributed by atoms with E-state index in [1.165, 1.54) is 17.4 Å². The van der Waals surface area contributed by atoms with Gasteiger partial charge in [0.25, 0.3) is 5.91 Å². The number of nitrogen functional groups attached to an aromatic ring is 1. The number of thiophene rings is 1. The summed E-state index contributed by atoms with van der Waals surface area (Å²) in [5, 5.41) is 3.58. The zero-order chi connectivity index (χ0) is 26.1. The molecule has 3 aromatic heterocycles. The van der Waals surface area contributed by atoms with Crippen molar-refractivity contribution in [2.45, 2.75) is 63.5 Å². The van der Waals surface area contributed by atoms with Crippen molar-refractivity contribution in [2.24, 2.45) is 5.73 Å². The Balaban J connectivity index is 1.14. The zero-order valence-electron chi connectivity index (χ0n) is 21.1. The molecule has 0 saturated carbocycles. The van der Waals surface area contributed by atoms with E-state index in [1.54, 1.807) is 6.92 Å². The second-order valence-electron chi connectivity index (χ2n) is 10.9. The Morgan fingerprint density at radius 1 is 1.32 bits per heavy atom. The predicted molar refractivity (Wildman–Crippen MR) is 140 cm³/mol. The normalized spacial score (nSPS) is 26.7. The van der Waals surface area contributed by atoms with Crippen LogP contribution in [0.4, 0.5) is 15.9 Å². The summed E-state index contributed by atoms with van der Waals surface area (Å²) in [4.78, 5) is 25.3. The average Bonchev–Trinajstić information content (AvgIpc) is 3.46. The third kappa shape index (κ3) is 4.23. The van der Waals surface area contributed by atoms with Crippen molar-refractivity contribution in [1.29, 1.82) is 0 Å². The molecule has 0 aromatic carbocycles. The number of pyridine rings is 2. The fourth-order valence-electron chi connectivity index (χ4n) is 5.50. The number of carbonyl (C=O) groups is 1. The van der Waals surface area contributed by atoms with Gasteiger partial charge < -0.3 is 31.2 Å². The first-order valence-corrected chi connectivity index (χ1v) is 13.3. The minimum absolute atomic E-state index is 0.0466. The summed E-state index contributed by atoms with van der Waals surface area (Å²) in [5.41, 5.74) is 15.0. The summed E-state index contributed by atoms with van der Waals surface area (Å²) in [7, 11) is 0. The number of ether oxygens (including phenoxy) is 2. The standard InChI is InChI=1S/C26H31FN6O3S/c1-13-17(27)9-16-21(29)22(37-24(16)30-13)23(34)31-15-5-6-18-14(8-15)4-7-20(32-18)33-10-19(28)26(11-33)35-12-25(2,3)36-26/h4,7,9,15,19H,5-6,8,10-12,28-29H2,1-3H3,(H,31,34). The van der Waals surface area contributed by atoms with Crippen LogP contribution in [0.5, 0.6) is 0 Å². The molecule has 2 aliphatic heterocycles. The maximum absolute atomic E-state index is 14.0. The Bertz CT molecular complexity index is 1410. The van der Waals surface area contributed by atoms with Gasteiger partial charge in [-0.3, -0.25) is 4.79 Å². The number of amides is 1. The summed E-state index contributed by atoms with van der Waals surface area (Å²) in [6.07, 6.45) is 2.18. The molecular weight excluding hydrogens is 495 g/mol. The van der Waals surface area contributed by atoms with Crippen LogP contribution in [0.1, 0.15) is 46.9 Å². The van der Waals surface area contributed by atoms with E-state index in [0.29, 0.717) is 41.2 Å². The van der Waals surface area contributed by atoms with Gasteiger partial charge in [0.05, 0.1) is 36.2 Å². The largest absolute Gasteiger partial charge is 0.397 e. The molecule has 9 nitrogen and oxygen atoms in total. The number of fused-ring (bicyclic) bond motifs is 2. The molecule has 6 rings (SSSR count). The van der Waals surface area contributed by atoms with Gasteiger partial charge >= 0.3 is 0 Å². The van der Waals surface area contributed by atoms with Crippen LogP contribution < -0.4 is 21.7 Å². The van der Waals surface area contributed by atoms with Crippen molar-refractivity contribution >= 4 is 39.0 Å². The van der Waals surface area contributed by atoms with Crippen LogP contribution in [-0.4, -0.2) is 59.0 Å². The molecule has 1 amide bonds. The van der Waals surface area contributed by atoms with Gasteiger partial charge in [0.15, 0.2) is 0 Å². The van der Waals surface area contributed by atoms with Crippen LogP contribution in [0.25, 0.3) is 10.2 Å². The Morgan fingerprint density at radius 2 is 2.14 bits per heavy atom. The van der Waals surface area contributed by atoms with Crippen LogP contribution in [-0.2, 0) is 22.3 Å². The highest BCUT2D eigenvalue weighted by Crippen LogP contribution is 2.39. The number of nitrogens with one attached hydrogen (secondary N) is 1. The van der Waals surface area contributed by atoms with Gasteiger partial charge in [-0.05, 0) is 57.7 Å². The van der Waals surface area contributed by atoms with E-state index in [0.717, 1.165) is 29.9 Å². The monoisotopic (exact) mass is 526 g/mol. The summed E-state index contributed by atoms with van der Waals surface area (Å²) >= 11 is 1.19. The molecule has 1 aliphatic carbocycles. The molecule has 3 atom stereocenters. The molecule has 5 heterocycles. The number of halogens is 1. The van der Waals surface area contributed by atoms with Crippen molar-refractivity contribution in [3.05, 3.63) is 45.8 Å². The summed E-state index contributed by atoms with van der Waals surface area (Å²) in [6, 6.07) is 5.12. The number of rotatable bonds is 3. The number of hydrogen-bond acceptors (Lipinski definition) is 9. The number of nitrogens with zero attached hydrogens (tertiary/aromatic N) is 3. The van der Waals surface area contributed by atoms with Crippen LogP contribution >= 0.6 is 11.3 Å². The first kappa shape index (κ1) is 24.5. The molecule has 3 unspecified atom stereocenters. The van der Waals surface area contributed by atoms with Crippen LogP contribution in [0, 0.1) is 12.7 Å². The summed E-state index contributed by atoms with van der Waals surface area (Å²) in [5.74, 6) is -0.630. The second-order valence-corrected chi connectivity index (χ2v) is 11.9. The Labute approximate surface area is 218 Å². The molecule has 37 heavy (non-hydrogen) atoms. The molecule has 196 valence electrons. The number of aryl methyl sites for hydroxylation is 2. The Hall–Kier alpha value is -2.86. The van der Waals surface area contributed by atoms with Gasteiger partial charge in [0.1, 0.15) is 21.3 Å². The van der Waals surface area contributed by atoms with E-state index in [2.05, 4.69) is 21.3 Å². The fraction of sp³-hybridized carbons (Fsp3) is 0.500. The molecular formula is C26H31FN6O3S. The lowest BCUT2D eigenvalue weighted by Gasteiger charge is -2.28. The van der Waals surface area contributed by atoms with Gasteiger partial charge in [-0.25, -0.2) is 14.4 Å². The maximum Gasteiger partial charge on any atom is 0.263 e. The topological polar surface area (TPSA) is 129 Å². The van der Waals surface area contributed by atoms with E-state index < -0.39 is 11.6 Å². The molecule has 11 heteroatoms. The van der Waals surface area contributed by atoms with Crippen molar-refractivity contribution in [2.75, 3.05) is 30.3 Å². The predicted octanol–water partition coefficient (Wildman–Crippen LogP) is 2.68. The number of hydrogen-bond donors (Lipinski definition) is 3. The minimum atomic E-state index is -0.801. The first-order valence-electron chi connectivity index (χ1n) is 12.5. The molecule has 2 saturated heterocycles. The van der Waals surface area contributed by atoms with Crippen LogP contribution in [0.3, 0.4) is 0 Å². The smallest absolute Gasteiger partial charge is 0.263 e. The van der Waals surface area contributed by atoms with E-state index in [4.69, 9.17) is 25.9 Å². The lowest BCUT2D eigenvalue weighted by atomic mass is 9.91. The van der Waals surface area contributed by atoms with Gasteiger partial charge in [0.2, 0.25) is 5.79 Å². The number of carbonyl (C=O) groups excluding carboxylic acids is 1. The molecule has 0 radical (unpaired) electrons. The number of nitrogens with two attached hydrogens (primary N) is 2. The van der Waals surface area contributed by atoms with E-state index in [1.807, 2.05) is 19.9 Å². The highest BCUT2D eigenvalue weighted by Gasteiger charge is 2.55. The number of aromatic nitrogens is 2. The van der Waals surface area contributed by atoms with Gasteiger partial charge in [-0.1, -0.05) is 6.07 Å². The average molecular weight is 527 g/mol. The van der Waals surface area contributed by atoms with E-state index in [-0.39, 0.29) is 35.0 Å². The molecule has 1 spiro atoms. The second kappa shape index (κ2) is 8.59. The lowest BCUT2D eigenvalue weighted by Crippen LogP contribution is -2.49. The van der Waals surface area contributed by atoms with Crippen molar-refractivity contribution in [3.63, 3.8) is 0 Å². The molecule has 0 bridgehead atoms. The molecule has 3 aliphatic rings. The van der Waals surface area contributed by atoms with Gasteiger partial charge in [-0.2, -0.15) is 0 Å². The quantitative estimate of drug-likeness (QED) is 0.475. The number of anilines is 2. The van der Waals surface area contributed by atoms with Crippen molar-refractivity contribution < 1.29 is 18.7 Å². The molecule has 5 N–H and O–H groups in total. The molecule has 3 aromatic rings. The van der Waals surface area contributed by atoms with E-state index in [9.17, 15) is 9.18 Å². The molecule has 2 fully saturated rings. The Kier molecular flexibility index (Phi) is 5.68. The summed E-state index contributed by atoms with van der Waals surface area (Å²) in [6.45, 7) is 7.27. The first-order chi connectivity index (χ1) is 17.5. The van der Waals surface area contributed by atoms with Crippen LogP contribution in [0.2, 0.25) is 0 Å². The highest BCUT2D eigenvalue weighted by molar-refractivity contribution is 7.21. The van der Waals surface area contributed by atoms with Gasteiger partial charge in [0, 0.05) is 23.7 Å². The minimum Gasteiger partial charge on any atom is -0.397 e. The maximum atomic E-state index is 14.0. The van der Waals surface area contributed by atoms with Crippen molar-refractivity contribution in [3.8, 4) is 0 Å². The van der Waals surface area contributed by atoms with Gasteiger partial charge in [-0.15, -0.1) is 11.3 Å². The Morgan fingerprint density at radius 3 is 2.89 bits per heavy atom.